The molecule has 1 aliphatic heterocycles. The molecule has 1 heterocycles. The highest BCUT2D eigenvalue weighted by molar-refractivity contribution is 6.12. The molecule has 2 aromatic carbocycles. The molecular weight excluding hydrogens is 274 g/mol. The van der Waals surface area contributed by atoms with E-state index in [1.54, 1.807) is 7.11 Å². The van der Waals surface area contributed by atoms with Gasteiger partial charge in [-0.15, -0.1) is 0 Å². The molecule has 0 saturated carbocycles. The van der Waals surface area contributed by atoms with E-state index in [0.29, 0.717) is 12.3 Å². The van der Waals surface area contributed by atoms with E-state index in [2.05, 4.69) is 11.6 Å². The lowest BCUT2D eigenvalue weighted by Gasteiger charge is -2.10. The van der Waals surface area contributed by atoms with E-state index in [1.807, 2.05) is 60.7 Å². The van der Waals surface area contributed by atoms with E-state index in [0.717, 1.165) is 28.3 Å². The molecule has 2 aromatic rings. The predicted octanol–water partition coefficient (Wildman–Crippen LogP) is 4.07. The highest BCUT2D eigenvalue weighted by Gasteiger charge is 2.12. The number of nitrogens with zero attached hydrogens (tertiary/aromatic N) is 1. The quantitative estimate of drug-likeness (QED) is 0.853. The maximum Gasteiger partial charge on any atom is 0.136 e. The first-order valence-electron chi connectivity index (χ1n) is 7.08. The Kier molecular flexibility index (Phi) is 4.05. The molecular formula is C19H17NO2. The van der Waals surface area contributed by atoms with Crippen LogP contribution in [0.1, 0.15) is 11.1 Å². The summed E-state index contributed by atoms with van der Waals surface area (Å²) in [5.74, 6) is 2.19. The number of ether oxygens (including phenoxy) is 2. The lowest BCUT2D eigenvalue weighted by molar-refractivity contribution is 0.381. The third-order valence-electron chi connectivity index (χ3n) is 3.39. The van der Waals surface area contributed by atoms with E-state index in [9.17, 15) is 0 Å². The minimum Gasteiger partial charge on any atom is -0.497 e. The molecule has 0 unspecified atom stereocenters. The Labute approximate surface area is 130 Å². The van der Waals surface area contributed by atoms with Gasteiger partial charge in [0.15, 0.2) is 0 Å². The summed E-state index contributed by atoms with van der Waals surface area (Å²) >= 11 is 0. The highest BCUT2D eigenvalue weighted by atomic mass is 16.5. The van der Waals surface area contributed by atoms with Gasteiger partial charge in [-0.1, -0.05) is 36.9 Å². The second kappa shape index (κ2) is 6.31. The molecule has 0 aromatic heterocycles. The summed E-state index contributed by atoms with van der Waals surface area (Å²) < 4.78 is 11.0. The van der Waals surface area contributed by atoms with Crippen molar-refractivity contribution in [2.45, 2.75) is 0 Å². The first-order chi connectivity index (χ1) is 10.8. The van der Waals surface area contributed by atoms with Gasteiger partial charge in [0.1, 0.15) is 17.3 Å². The fourth-order valence-electron chi connectivity index (χ4n) is 2.24. The van der Waals surface area contributed by atoms with Crippen molar-refractivity contribution >= 4 is 11.5 Å². The topological polar surface area (TPSA) is 30.8 Å². The van der Waals surface area contributed by atoms with Crippen LogP contribution in [0.4, 0.5) is 0 Å². The van der Waals surface area contributed by atoms with Crippen LogP contribution in [-0.2, 0) is 4.74 Å². The van der Waals surface area contributed by atoms with Crippen molar-refractivity contribution in [1.29, 1.82) is 0 Å². The Morgan fingerprint density at radius 3 is 2.41 bits per heavy atom. The molecule has 3 rings (SSSR count). The maximum absolute atomic E-state index is 5.83. The van der Waals surface area contributed by atoms with Crippen LogP contribution in [0.15, 0.2) is 78.0 Å². The van der Waals surface area contributed by atoms with E-state index in [4.69, 9.17) is 9.47 Å². The molecule has 0 bridgehead atoms. The molecule has 0 saturated heterocycles. The normalized spacial score (nSPS) is 14.5. The second-order valence-corrected chi connectivity index (χ2v) is 4.95. The Hall–Kier alpha value is -2.81. The van der Waals surface area contributed by atoms with Gasteiger partial charge in [-0.25, -0.2) is 0 Å². The van der Waals surface area contributed by atoms with Crippen molar-refractivity contribution in [2.75, 3.05) is 13.7 Å². The predicted molar refractivity (Wildman–Crippen MR) is 89.0 cm³/mol. The number of hydrogen-bond acceptors (Lipinski definition) is 3. The van der Waals surface area contributed by atoms with Crippen LogP contribution in [0.2, 0.25) is 0 Å². The van der Waals surface area contributed by atoms with E-state index >= 15 is 0 Å². The number of benzene rings is 2. The SMILES string of the molecule is C=C1CN=C(c2ccccc2)C=C(c2ccc(OC)cc2)O1. The number of hydrogen-bond donors (Lipinski definition) is 0. The van der Waals surface area contributed by atoms with Gasteiger partial charge >= 0.3 is 0 Å². The van der Waals surface area contributed by atoms with Crippen LogP contribution in [0.25, 0.3) is 5.76 Å². The van der Waals surface area contributed by atoms with Gasteiger partial charge in [-0.2, -0.15) is 0 Å². The number of allylic oxidation sites excluding steroid dienone is 1. The maximum atomic E-state index is 5.83. The second-order valence-electron chi connectivity index (χ2n) is 4.95. The lowest BCUT2D eigenvalue weighted by atomic mass is 10.1. The minimum absolute atomic E-state index is 0.459. The summed E-state index contributed by atoms with van der Waals surface area (Å²) in [7, 11) is 1.65. The first kappa shape index (κ1) is 14.1. The fraction of sp³-hybridized carbons (Fsp3) is 0.105. The van der Waals surface area contributed by atoms with Gasteiger partial charge in [0.2, 0.25) is 0 Å². The Morgan fingerprint density at radius 1 is 1.00 bits per heavy atom. The average Bonchev–Trinajstić information content (AvgIpc) is 2.78. The number of aliphatic imine (C=N–C) groups is 1. The van der Waals surface area contributed by atoms with Crippen LogP contribution in [0.3, 0.4) is 0 Å². The molecule has 22 heavy (non-hydrogen) atoms. The molecule has 0 spiro atoms. The summed E-state index contributed by atoms with van der Waals surface area (Å²) in [6.07, 6.45) is 1.95. The zero-order chi connectivity index (χ0) is 15.4. The lowest BCUT2D eigenvalue weighted by Crippen LogP contribution is -1.97. The molecule has 110 valence electrons. The zero-order valence-electron chi connectivity index (χ0n) is 12.5. The third-order valence-corrected chi connectivity index (χ3v) is 3.39. The van der Waals surface area contributed by atoms with Gasteiger partial charge in [0, 0.05) is 11.6 Å². The molecule has 0 aliphatic carbocycles. The van der Waals surface area contributed by atoms with Crippen LogP contribution >= 0.6 is 0 Å². The molecule has 0 atom stereocenters. The minimum atomic E-state index is 0.459. The van der Waals surface area contributed by atoms with Crippen LogP contribution in [0, 0.1) is 0 Å². The van der Waals surface area contributed by atoms with Gasteiger partial charge < -0.3 is 9.47 Å². The standard InChI is InChI=1S/C19H17NO2/c1-14-13-20-18(15-6-4-3-5-7-15)12-19(22-14)16-8-10-17(21-2)11-9-16/h3-12H,1,13H2,2H3. The summed E-state index contributed by atoms with van der Waals surface area (Å²) in [5.41, 5.74) is 2.92. The highest BCUT2D eigenvalue weighted by Crippen LogP contribution is 2.24. The van der Waals surface area contributed by atoms with Crippen molar-refractivity contribution in [2.24, 2.45) is 4.99 Å². The van der Waals surface area contributed by atoms with Gasteiger partial charge in [0.05, 0.1) is 19.4 Å². The number of rotatable bonds is 3. The summed E-state index contributed by atoms with van der Waals surface area (Å²) in [6.45, 7) is 4.38. The van der Waals surface area contributed by atoms with Crippen molar-refractivity contribution in [3.05, 3.63) is 84.1 Å². The Morgan fingerprint density at radius 2 is 1.73 bits per heavy atom. The van der Waals surface area contributed by atoms with Crippen LogP contribution in [-0.4, -0.2) is 19.4 Å². The van der Waals surface area contributed by atoms with Gasteiger partial charge in [-0.05, 0) is 29.8 Å². The molecule has 0 N–H and O–H groups in total. The fourth-order valence-corrected chi connectivity index (χ4v) is 2.24. The molecule has 0 radical (unpaired) electrons. The molecule has 1 aliphatic rings. The van der Waals surface area contributed by atoms with Gasteiger partial charge in [-0.3, -0.25) is 4.99 Å². The van der Waals surface area contributed by atoms with Crippen molar-refractivity contribution in [3.8, 4) is 5.75 Å². The monoisotopic (exact) mass is 291 g/mol. The van der Waals surface area contributed by atoms with Gasteiger partial charge in [0.25, 0.3) is 0 Å². The summed E-state index contributed by atoms with van der Waals surface area (Å²) in [4.78, 5) is 4.57. The zero-order valence-corrected chi connectivity index (χ0v) is 12.5. The smallest absolute Gasteiger partial charge is 0.136 e. The van der Waals surface area contributed by atoms with E-state index in [-0.39, 0.29) is 0 Å². The van der Waals surface area contributed by atoms with Crippen molar-refractivity contribution in [3.63, 3.8) is 0 Å². The van der Waals surface area contributed by atoms with Crippen molar-refractivity contribution in [1.82, 2.24) is 0 Å². The van der Waals surface area contributed by atoms with Crippen LogP contribution < -0.4 is 4.74 Å². The average molecular weight is 291 g/mol. The largest absolute Gasteiger partial charge is 0.497 e. The van der Waals surface area contributed by atoms with E-state index < -0.39 is 0 Å². The van der Waals surface area contributed by atoms with E-state index in [1.165, 1.54) is 0 Å². The molecule has 3 heteroatoms. The van der Waals surface area contributed by atoms with Crippen LogP contribution in [0.5, 0.6) is 5.75 Å². The molecule has 3 nitrogen and oxygen atoms in total. The third kappa shape index (κ3) is 3.09. The Bertz CT molecular complexity index is 728. The summed E-state index contributed by atoms with van der Waals surface area (Å²) in [5, 5.41) is 0. The number of methoxy groups -OCH3 is 1. The molecule has 0 amide bonds. The first-order valence-corrected chi connectivity index (χ1v) is 7.08. The molecule has 0 fully saturated rings. The summed E-state index contributed by atoms with van der Waals surface area (Å²) in [6, 6.07) is 17.8. The Balaban J connectivity index is 1.99. The van der Waals surface area contributed by atoms with Crippen molar-refractivity contribution < 1.29 is 9.47 Å².